The van der Waals surface area contributed by atoms with Crippen LogP contribution >= 0.6 is 0 Å². The van der Waals surface area contributed by atoms with Gasteiger partial charge < -0.3 is 9.84 Å². The Balaban J connectivity index is 3.01. The first-order chi connectivity index (χ1) is 9.44. The molecule has 0 heterocycles. The molecule has 0 aliphatic rings. The lowest BCUT2D eigenvalue weighted by atomic mass is 10.1. The topological polar surface area (TPSA) is 75.6 Å². The number of sulfonamides is 1. The molecular weight excluding hydrogens is 278 g/mol. The Hall–Kier alpha value is -0.950. The second-order valence-corrected chi connectivity index (χ2v) is 6.44. The third-order valence-corrected chi connectivity index (χ3v) is 4.77. The van der Waals surface area contributed by atoms with Crippen LogP contribution in [0.25, 0.3) is 0 Å². The molecule has 0 amide bonds. The Morgan fingerprint density at radius 2 is 2.10 bits per heavy atom. The highest BCUT2D eigenvalue weighted by atomic mass is 32.2. The minimum Gasteiger partial charge on any atom is -0.392 e. The summed E-state index contributed by atoms with van der Waals surface area (Å²) in [6, 6.07) is 4.82. The van der Waals surface area contributed by atoms with Crippen molar-refractivity contribution in [2.24, 2.45) is 0 Å². The highest BCUT2D eigenvalue weighted by Gasteiger charge is 2.20. The lowest BCUT2D eigenvalue weighted by molar-refractivity contribution is 0.188. The average Bonchev–Trinajstić information content (AvgIpc) is 2.43. The number of methoxy groups -OCH3 is 1. The molecule has 0 bridgehead atoms. The molecule has 1 aromatic carbocycles. The number of nitrogens with one attached hydrogen (secondary N) is 1. The van der Waals surface area contributed by atoms with E-state index in [-0.39, 0.29) is 17.5 Å². The Morgan fingerprint density at radius 1 is 1.40 bits per heavy atom. The van der Waals surface area contributed by atoms with E-state index < -0.39 is 10.0 Å². The Bertz CT molecular complexity index is 528. The van der Waals surface area contributed by atoms with E-state index in [2.05, 4.69) is 4.72 Å². The zero-order valence-corrected chi connectivity index (χ0v) is 13.0. The summed E-state index contributed by atoms with van der Waals surface area (Å²) < 4.78 is 32.4. The molecule has 0 aromatic heterocycles. The zero-order valence-electron chi connectivity index (χ0n) is 12.2. The lowest BCUT2D eigenvalue weighted by Gasteiger charge is -2.16. The molecule has 20 heavy (non-hydrogen) atoms. The summed E-state index contributed by atoms with van der Waals surface area (Å²) in [4.78, 5) is 0.246. The molecule has 0 aliphatic heterocycles. The molecule has 2 N–H and O–H groups in total. The third-order valence-electron chi connectivity index (χ3n) is 3.10. The molecule has 1 rings (SSSR count). The number of aryl methyl sites for hydroxylation is 1. The number of aliphatic hydroxyl groups excluding tert-OH is 1. The van der Waals surface area contributed by atoms with Crippen LogP contribution in [-0.2, 0) is 27.8 Å². The second kappa shape index (κ2) is 7.73. The standard InChI is InChI=1S/C14H23NO4S/c1-4-13-6-5-12(10-16)9-14(13)20(17,18)15-11(2)7-8-19-3/h5-6,9,11,15-16H,4,7-8,10H2,1-3H3. The van der Waals surface area contributed by atoms with Crippen molar-refractivity contribution in [2.75, 3.05) is 13.7 Å². The summed E-state index contributed by atoms with van der Waals surface area (Å²) in [6.45, 7) is 4.03. The maximum absolute atomic E-state index is 12.4. The summed E-state index contributed by atoms with van der Waals surface area (Å²) in [5, 5.41) is 9.16. The maximum Gasteiger partial charge on any atom is 0.241 e. The molecule has 0 fully saturated rings. The second-order valence-electron chi connectivity index (χ2n) is 4.76. The summed E-state index contributed by atoms with van der Waals surface area (Å²) in [6.07, 6.45) is 1.23. The van der Waals surface area contributed by atoms with Crippen molar-refractivity contribution in [2.45, 2.75) is 44.2 Å². The van der Waals surface area contributed by atoms with Gasteiger partial charge in [0.1, 0.15) is 0 Å². The van der Waals surface area contributed by atoms with Crippen LogP contribution in [-0.4, -0.2) is 33.3 Å². The molecule has 114 valence electrons. The zero-order chi connectivity index (χ0) is 15.2. The first kappa shape index (κ1) is 17.1. The number of aliphatic hydroxyl groups is 1. The van der Waals surface area contributed by atoms with Gasteiger partial charge in [-0.15, -0.1) is 0 Å². The summed E-state index contributed by atoms with van der Waals surface area (Å²) in [5.41, 5.74) is 1.33. The van der Waals surface area contributed by atoms with Gasteiger partial charge in [0.05, 0.1) is 11.5 Å². The first-order valence-electron chi connectivity index (χ1n) is 6.68. The van der Waals surface area contributed by atoms with E-state index >= 15 is 0 Å². The van der Waals surface area contributed by atoms with Crippen LogP contribution in [0.3, 0.4) is 0 Å². The Kier molecular flexibility index (Phi) is 6.61. The molecule has 0 aliphatic carbocycles. The minimum absolute atomic E-state index is 0.175. The van der Waals surface area contributed by atoms with E-state index in [0.29, 0.717) is 25.0 Å². The molecule has 1 unspecified atom stereocenters. The van der Waals surface area contributed by atoms with Gasteiger partial charge in [0.15, 0.2) is 0 Å². The van der Waals surface area contributed by atoms with Crippen LogP contribution in [0.5, 0.6) is 0 Å². The fraction of sp³-hybridized carbons (Fsp3) is 0.571. The van der Waals surface area contributed by atoms with Crippen LogP contribution in [0.2, 0.25) is 0 Å². The van der Waals surface area contributed by atoms with Crippen molar-refractivity contribution >= 4 is 10.0 Å². The highest BCUT2D eigenvalue weighted by molar-refractivity contribution is 7.89. The smallest absolute Gasteiger partial charge is 0.241 e. The van der Waals surface area contributed by atoms with Crippen molar-refractivity contribution in [3.63, 3.8) is 0 Å². The van der Waals surface area contributed by atoms with Crippen LogP contribution in [0.15, 0.2) is 23.1 Å². The summed E-state index contributed by atoms with van der Waals surface area (Å²) >= 11 is 0. The van der Waals surface area contributed by atoms with E-state index in [1.165, 1.54) is 6.07 Å². The highest BCUT2D eigenvalue weighted by Crippen LogP contribution is 2.19. The minimum atomic E-state index is -3.58. The van der Waals surface area contributed by atoms with Gasteiger partial charge in [-0.05, 0) is 37.0 Å². The predicted octanol–water partition coefficient (Wildman–Crippen LogP) is 1.44. The lowest BCUT2D eigenvalue weighted by Crippen LogP contribution is -2.34. The SMILES string of the molecule is CCc1ccc(CO)cc1S(=O)(=O)NC(C)CCOC. The van der Waals surface area contributed by atoms with Gasteiger partial charge in [0.25, 0.3) is 0 Å². The monoisotopic (exact) mass is 301 g/mol. The average molecular weight is 301 g/mol. The van der Waals surface area contributed by atoms with E-state index in [9.17, 15) is 8.42 Å². The third kappa shape index (κ3) is 4.56. The maximum atomic E-state index is 12.4. The van der Waals surface area contributed by atoms with Gasteiger partial charge >= 0.3 is 0 Å². The van der Waals surface area contributed by atoms with E-state index in [4.69, 9.17) is 9.84 Å². The van der Waals surface area contributed by atoms with Gasteiger partial charge in [-0.3, -0.25) is 0 Å². The van der Waals surface area contributed by atoms with Crippen molar-refractivity contribution in [3.8, 4) is 0 Å². The van der Waals surface area contributed by atoms with Gasteiger partial charge in [-0.25, -0.2) is 13.1 Å². The van der Waals surface area contributed by atoms with Gasteiger partial charge in [-0.2, -0.15) is 0 Å². The molecule has 1 aromatic rings. The van der Waals surface area contributed by atoms with E-state index in [1.54, 1.807) is 26.2 Å². The molecule has 0 saturated heterocycles. The molecular formula is C14H23NO4S. The fourth-order valence-corrected chi connectivity index (χ4v) is 3.56. The summed E-state index contributed by atoms with van der Waals surface area (Å²) in [5.74, 6) is 0. The van der Waals surface area contributed by atoms with Gasteiger partial charge in [0.2, 0.25) is 10.0 Å². The Morgan fingerprint density at radius 3 is 2.65 bits per heavy atom. The Labute approximate surface area is 121 Å². The van der Waals surface area contributed by atoms with Gasteiger partial charge in [0, 0.05) is 19.8 Å². The van der Waals surface area contributed by atoms with Crippen LogP contribution < -0.4 is 4.72 Å². The largest absolute Gasteiger partial charge is 0.392 e. The number of ether oxygens (including phenoxy) is 1. The molecule has 0 radical (unpaired) electrons. The number of hydrogen-bond acceptors (Lipinski definition) is 4. The molecule has 0 spiro atoms. The fourth-order valence-electron chi connectivity index (χ4n) is 1.92. The van der Waals surface area contributed by atoms with Crippen LogP contribution in [0, 0.1) is 0 Å². The number of hydrogen-bond donors (Lipinski definition) is 2. The van der Waals surface area contributed by atoms with E-state index in [1.807, 2.05) is 6.92 Å². The van der Waals surface area contributed by atoms with E-state index in [0.717, 1.165) is 5.56 Å². The number of rotatable bonds is 8. The quantitative estimate of drug-likeness (QED) is 0.762. The normalized spacial score (nSPS) is 13.4. The summed E-state index contributed by atoms with van der Waals surface area (Å²) in [7, 11) is -2.00. The molecule has 0 saturated carbocycles. The molecule has 5 nitrogen and oxygen atoms in total. The van der Waals surface area contributed by atoms with Crippen molar-refractivity contribution in [1.82, 2.24) is 4.72 Å². The predicted molar refractivity (Wildman–Crippen MR) is 78.0 cm³/mol. The van der Waals surface area contributed by atoms with Crippen molar-refractivity contribution in [3.05, 3.63) is 29.3 Å². The molecule has 1 atom stereocenters. The van der Waals surface area contributed by atoms with Crippen molar-refractivity contribution in [1.29, 1.82) is 0 Å². The van der Waals surface area contributed by atoms with Crippen LogP contribution in [0.4, 0.5) is 0 Å². The van der Waals surface area contributed by atoms with Gasteiger partial charge in [-0.1, -0.05) is 19.1 Å². The van der Waals surface area contributed by atoms with Crippen molar-refractivity contribution < 1.29 is 18.3 Å². The van der Waals surface area contributed by atoms with Crippen LogP contribution in [0.1, 0.15) is 31.4 Å². The molecule has 6 heteroatoms. The first-order valence-corrected chi connectivity index (χ1v) is 8.16. The number of benzene rings is 1.